The molecule has 0 aliphatic rings. The number of H-pyrrole nitrogens is 2. The fourth-order valence-corrected chi connectivity index (χ4v) is 2.13. The van der Waals surface area contributed by atoms with E-state index in [1.807, 2.05) is 0 Å². The molecule has 0 spiro atoms. The first-order valence-corrected chi connectivity index (χ1v) is 5.94. The number of nitrogens with one attached hydrogen (secondary N) is 2. The number of aryl methyl sites for hydroxylation is 1. The van der Waals surface area contributed by atoms with Crippen molar-refractivity contribution in [2.24, 2.45) is 0 Å². The highest BCUT2D eigenvalue weighted by molar-refractivity contribution is 5.72. The molecule has 0 unspecified atom stereocenters. The van der Waals surface area contributed by atoms with Crippen molar-refractivity contribution in [3.8, 4) is 5.69 Å². The van der Waals surface area contributed by atoms with Crippen LogP contribution in [0.25, 0.3) is 16.9 Å². The van der Waals surface area contributed by atoms with Gasteiger partial charge in [0.25, 0.3) is 11.2 Å². The number of benzene rings is 1. The van der Waals surface area contributed by atoms with Gasteiger partial charge in [-0.15, -0.1) is 0 Å². The van der Waals surface area contributed by atoms with E-state index in [0.29, 0.717) is 5.82 Å². The van der Waals surface area contributed by atoms with Crippen LogP contribution in [0.3, 0.4) is 0 Å². The molecular weight excluding hydrogens is 278 g/mol. The number of nitro groups is 1. The Morgan fingerprint density at radius 3 is 2.76 bits per heavy atom. The topological polar surface area (TPSA) is 127 Å². The van der Waals surface area contributed by atoms with E-state index in [9.17, 15) is 19.7 Å². The minimum absolute atomic E-state index is 0.0195. The van der Waals surface area contributed by atoms with Crippen LogP contribution in [0.4, 0.5) is 5.69 Å². The number of aromatic amines is 2. The van der Waals surface area contributed by atoms with Gasteiger partial charge in [-0.1, -0.05) is 6.07 Å². The van der Waals surface area contributed by atoms with E-state index in [1.165, 1.54) is 24.3 Å². The molecule has 0 amide bonds. The fraction of sp³-hybridized carbons (Fsp3) is 0.0833. The number of hydrogen-bond donors (Lipinski definition) is 2. The molecule has 0 saturated carbocycles. The molecule has 0 aliphatic carbocycles. The Balaban J connectivity index is 2.38. The zero-order valence-corrected chi connectivity index (χ0v) is 10.8. The monoisotopic (exact) mass is 287 g/mol. The van der Waals surface area contributed by atoms with Crippen LogP contribution in [0, 0.1) is 17.0 Å². The van der Waals surface area contributed by atoms with Crippen molar-refractivity contribution in [1.29, 1.82) is 0 Å². The van der Waals surface area contributed by atoms with Crippen molar-refractivity contribution in [2.45, 2.75) is 6.92 Å². The number of nitrogens with zero attached hydrogens (tertiary/aromatic N) is 3. The van der Waals surface area contributed by atoms with E-state index < -0.39 is 16.2 Å². The van der Waals surface area contributed by atoms with Gasteiger partial charge in [0.1, 0.15) is 5.82 Å². The molecule has 0 bridgehead atoms. The molecular formula is C12H9N5O4. The van der Waals surface area contributed by atoms with Gasteiger partial charge >= 0.3 is 5.69 Å². The summed E-state index contributed by atoms with van der Waals surface area (Å²) in [4.78, 5) is 43.3. The third kappa shape index (κ3) is 2.00. The molecule has 3 aromatic rings. The molecule has 9 heteroatoms. The number of rotatable bonds is 2. The van der Waals surface area contributed by atoms with E-state index in [1.54, 1.807) is 6.92 Å². The SMILES string of the molecule is Cc1nc2[nH]c(=O)n(-c3cccc([N+](=O)[O-])c3)c2c(=O)[nH]1. The number of aromatic nitrogens is 4. The lowest BCUT2D eigenvalue weighted by Crippen LogP contribution is -2.19. The van der Waals surface area contributed by atoms with E-state index in [0.717, 1.165) is 4.57 Å². The normalized spacial score (nSPS) is 10.9. The van der Waals surface area contributed by atoms with Gasteiger partial charge in [0, 0.05) is 12.1 Å². The summed E-state index contributed by atoms with van der Waals surface area (Å²) in [6, 6.07) is 5.46. The maximum atomic E-state index is 12.0. The van der Waals surface area contributed by atoms with Gasteiger partial charge in [-0.2, -0.15) is 0 Å². The second kappa shape index (κ2) is 4.40. The zero-order valence-electron chi connectivity index (χ0n) is 10.8. The summed E-state index contributed by atoms with van der Waals surface area (Å²) < 4.78 is 1.06. The average molecular weight is 287 g/mol. The summed E-state index contributed by atoms with van der Waals surface area (Å²) in [6.07, 6.45) is 0. The second-order valence-electron chi connectivity index (χ2n) is 4.39. The highest BCUT2D eigenvalue weighted by Gasteiger charge is 2.16. The number of imidazole rings is 1. The van der Waals surface area contributed by atoms with Gasteiger partial charge in [0.05, 0.1) is 10.6 Å². The summed E-state index contributed by atoms with van der Waals surface area (Å²) >= 11 is 0. The molecule has 9 nitrogen and oxygen atoms in total. The number of fused-ring (bicyclic) bond motifs is 1. The van der Waals surface area contributed by atoms with Crippen LogP contribution < -0.4 is 11.2 Å². The standard InChI is InChI=1S/C12H9N5O4/c1-6-13-10-9(11(18)14-6)16(12(19)15-10)7-3-2-4-8(5-7)17(20)21/h2-5H,1H3,(H2,13,14,15,18,19). The Hall–Kier alpha value is -3.23. The summed E-state index contributed by atoms with van der Waals surface area (Å²) in [5.41, 5.74) is -0.892. The minimum Gasteiger partial charge on any atom is -0.309 e. The lowest BCUT2D eigenvalue weighted by Gasteiger charge is -2.02. The lowest BCUT2D eigenvalue weighted by atomic mass is 10.3. The zero-order chi connectivity index (χ0) is 15.1. The molecule has 106 valence electrons. The third-order valence-electron chi connectivity index (χ3n) is 2.96. The molecule has 0 aliphatic heterocycles. The average Bonchev–Trinajstić information content (AvgIpc) is 2.75. The summed E-state index contributed by atoms with van der Waals surface area (Å²) in [6.45, 7) is 1.59. The van der Waals surface area contributed by atoms with Crippen LogP contribution in [0.5, 0.6) is 0 Å². The van der Waals surface area contributed by atoms with Crippen molar-refractivity contribution in [1.82, 2.24) is 19.5 Å². The fourth-order valence-electron chi connectivity index (χ4n) is 2.13. The predicted octanol–water partition coefficient (Wildman–Crippen LogP) is 0.619. The Morgan fingerprint density at radius 1 is 1.29 bits per heavy atom. The summed E-state index contributed by atoms with van der Waals surface area (Å²) in [7, 11) is 0. The van der Waals surface area contributed by atoms with Crippen LogP contribution in [0.2, 0.25) is 0 Å². The molecule has 2 aromatic heterocycles. The van der Waals surface area contributed by atoms with Gasteiger partial charge in [-0.3, -0.25) is 24.5 Å². The van der Waals surface area contributed by atoms with E-state index in [-0.39, 0.29) is 22.5 Å². The molecule has 2 heterocycles. The largest absolute Gasteiger partial charge is 0.332 e. The number of nitro benzene ring substituents is 1. The highest BCUT2D eigenvalue weighted by atomic mass is 16.6. The molecule has 0 atom stereocenters. The summed E-state index contributed by atoms with van der Waals surface area (Å²) in [5, 5.41) is 10.8. The van der Waals surface area contributed by atoms with Gasteiger partial charge in [-0.25, -0.2) is 9.78 Å². The molecule has 21 heavy (non-hydrogen) atoms. The minimum atomic E-state index is -0.589. The van der Waals surface area contributed by atoms with E-state index >= 15 is 0 Å². The molecule has 0 fully saturated rings. The molecule has 0 saturated heterocycles. The molecule has 1 aromatic carbocycles. The van der Waals surface area contributed by atoms with Crippen LogP contribution in [0.15, 0.2) is 33.9 Å². The van der Waals surface area contributed by atoms with Gasteiger partial charge in [0.15, 0.2) is 11.2 Å². The second-order valence-corrected chi connectivity index (χ2v) is 4.39. The number of non-ortho nitro benzene ring substituents is 1. The first-order valence-electron chi connectivity index (χ1n) is 5.94. The van der Waals surface area contributed by atoms with Crippen molar-refractivity contribution < 1.29 is 4.92 Å². The van der Waals surface area contributed by atoms with Crippen LogP contribution in [-0.4, -0.2) is 24.4 Å². The molecule has 2 N–H and O–H groups in total. The van der Waals surface area contributed by atoms with Crippen LogP contribution in [0.1, 0.15) is 5.82 Å². The van der Waals surface area contributed by atoms with E-state index in [4.69, 9.17) is 0 Å². The lowest BCUT2D eigenvalue weighted by molar-refractivity contribution is -0.384. The van der Waals surface area contributed by atoms with Crippen LogP contribution in [-0.2, 0) is 0 Å². The van der Waals surface area contributed by atoms with Gasteiger partial charge < -0.3 is 4.98 Å². The first kappa shape index (κ1) is 12.8. The Kier molecular flexibility index (Phi) is 2.68. The Bertz CT molecular complexity index is 981. The van der Waals surface area contributed by atoms with Gasteiger partial charge in [-0.05, 0) is 13.0 Å². The van der Waals surface area contributed by atoms with Crippen LogP contribution >= 0.6 is 0 Å². The Morgan fingerprint density at radius 2 is 2.05 bits per heavy atom. The quantitative estimate of drug-likeness (QED) is 0.527. The third-order valence-corrected chi connectivity index (χ3v) is 2.96. The van der Waals surface area contributed by atoms with Crippen molar-refractivity contribution in [3.05, 3.63) is 61.0 Å². The highest BCUT2D eigenvalue weighted by Crippen LogP contribution is 2.17. The maximum Gasteiger partial charge on any atom is 0.332 e. The Labute approximate surface area is 116 Å². The smallest absolute Gasteiger partial charge is 0.309 e. The molecule has 3 rings (SSSR count). The first-order chi connectivity index (χ1) is 9.97. The summed E-state index contributed by atoms with van der Waals surface area (Å²) in [5.74, 6) is 0.361. The van der Waals surface area contributed by atoms with E-state index in [2.05, 4.69) is 15.0 Å². The maximum absolute atomic E-state index is 12.0. The molecule has 0 radical (unpaired) electrons. The predicted molar refractivity (Wildman–Crippen MR) is 73.7 cm³/mol. The van der Waals surface area contributed by atoms with Crippen molar-refractivity contribution in [2.75, 3.05) is 0 Å². The van der Waals surface area contributed by atoms with Crippen molar-refractivity contribution in [3.63, 3.8) is 0 Å². The number of hydrogen-bond acceptors (Lipinski definition) is 5. The van der Waals surface area contributed by atoms with Gasteiger partial charge in [0.2, 0.25) is 0 Å². The van der Waals surface area contributed by atoms with Crippen molar-refractivity contribution >= 4 is 16.9 Å².